The summed E-state index contributed by atoms with van der Waals surface area (Å²) in [5.74, 6) is -0.429. The Morgan fingerprint density at radius 3 is 2.59 bits per heavy atom. The highest BCUT2D eigenvalue weighted by molar-refractivity contribution is 9.10. The van der Waals surface area contributed by atoms with E-state index in [1.54, 1.807) is 0 Å². The van der Waals surface area contributed by atoms with Gasteiger partial charge in [-0.1, -0.05) is 53.2 Å². The van der Waals surface area contributed by atoms with Crippen LogP contribution in [0, 0.1) is 0 Å². The number of imide groups is 1. The molecule has 1 fully saturated rings. The molecular formula is C13H14BrNO2. The van der Waals surface area contributed by atoms with E-state index in [0.29, 0.717) is 12.8 Å². The van der Waals surface area contributed by atoms with Gasteiger partial charge in [0.05, 0.1) is 10.2 Å². The minimum Gasteiger partial charge on any atom is -0.295 e. The lowest BCUT2D eigenvalue weighted by Crippen LogP contribution is -2.55. The molecule has 1 aliphatic rings. The first-order chi connectivity index (χ1) is 8.10. The van der Waals surface area contributed by atoms with Gasteiger partial charge in [-0.05, 0) is 18.4 Å². The Bertz CT molecular complexity index is 446. The van der Waals surface area contributed by atoms with Gasteiger partial charge >= 0.3 is 0 Å². The summed E-state index contributed by atoms with van der Waals surface area (Å²) in [5.41, 5.74) is 0.375. The number of carbonyl (C=O) groups is 2. The zero-order chi connectivity index (χ0) is 12.5. The number of benzene rings is 1. The van der Waals surface area contributed by atoms with Crippen LogP contribution in [0.4, 0.5) is 0 Å². The molecule has 0 aromatic heterocycles. The second kappa shape index (κ2) is 4.61. The van der Waals surface area contributed by atoms with E-state index in [4.69, 9.17) is 0 Å². The third-order valence-corrected chi connectivity index (χ3v) is 4.15. The van der Waals surface area contributed by atoms with Crippen LogP contribution < -0.4 is 5.32 Å². The third-order valence-electron chi connectivity index (χ3n) is 3.41. The largest absolute Gasteiger partial charge is 0.295 e. The SMILES string of the molecule is CCC1(c2ccccc2)CC(Br)C(=O)NC1=O. The summed E-state index contributed by atoms with van der Waals surface area (Å²) in [6.07, 6.45) is 1.19. The molecule has 0 bridgehead atoms. The van der Waals surface area contributed by atoms with Crippen LogP contribution >= 0.6 is 15.9 Å². The van der Waals surface area contributed by atoms with Crippen LogP contribution in [0.1, 0.15) is 25.3 Å². The highest BCUT2D eigenvalue weighted by Gasteiger charge is 2.46. The normalized spacial score (nSPS) is 28.9. The molecule has 4 heteroatoms. The molecule has 2 rings (SSSR count). The molecule has 2 atom stereocenters. The number of alkyl halides is 1. The molecule has 1 N–H and O–H groups in total. The minimum absolute atomic E-state index is 0.188. The highest BCUT2D eigenvalue weighted by Crippen LogP contribution is 2.37. The number of rotatable bonds is 2. The average molecular weight is 296 g/mol. The van der Waals surface area contributed by atoms with E-state index in [1.807, 2.05) is 37.3 Å². The number of nitrogens with one attached hydrogen (secondary N) is 1. The number of hydrogen-bond acceptors (Lipinski definition) is 2. The van der Waals surface area contributed by atoms with Crippen molar-refractivity contribution in [3.05, 3.63) is 35.9 Å². The van der Waals surface area contributed by atoms with Gasteiger partial charge in [0.2, 0.25) is 11.8 Å². The average Bonchev–Trinajstić information content (AvgIpc) is 2.35. The van der Waals surface area contributed by atoms with Crippen molar-refractivity contribution in [2.75, 3.05) is 0 Å². The Balaban J connectivity index is 2.44. The molecule has 1 saturated heterocycles. The molecule has 1 aliphatic heterocycles. The van der Waals surface area contributed by atoms with Crippen LogP contribution in [0.2, 0.25) is 0 Å². The van der Waals surface area contributed by atoms with Gasteiger partial charge < -0.3 is 0 Å². The molecule has 0 radical (unpaired) electrons. The molecule has 0 spiro atoms. The number of halogens is 1. The second-order valence-electron chi connectivity index (χ2n) is 4.29. The Morgan fingerprint density at radius 1 is 1.35 bits per heavy atom. The minimum atomic E-state index is -0.594. The lowest BCUT2D eigenvalue weighted by molar-refractivity contribution is -0.137. The fourth-order valence-electron chi connectivity index (χ4n) is 2.32. The molecule has 2 amide bonds. The molecule has 17 heavy (non-hydrogen) atoms. The molecule has 1 aromatic carbocycles. The molecule has 0 aliphatic carbocycles. The Hall–Kier alpha value is -1.16. The van der Waals surface area contributed by atoms with Gasteiger partial charge in [-0.15, -0.1) is 0 Å². The van der Waals surface area contributed by atoms with Crippen molar-refractivity contribution in [3.63, 3.8) is 0 Å². The fourth-order valence-corrected chi connectivity index (χ4v) is 2.98. The number of carbonyl (C=O) groups excluding carboxylic acids is 2. The molecule has 1 aromatic rings. The van der Waals surface area contributed by atoms with Gasteiger partial charge in [0.15, 0.2) is 0 Å². The molecule has 1 heterocycles. The van der Waals surface area contributed by atoms with Crippen molar-refractivity contribution in [3.8, 4) is 0 Å². The number of amides is 2. The Labute approximate surface area is 109 Å². The van der Waals surface area contributed by atoms with Gasteiger partial charge in [-0.25, -0.2) is 0 Å². The third kappa shape index (κ3) is 2.02. The lowest BCUT2D eigenvalue weighted by Gasteiger charge is -2.37. The van der Waals surface area contributed by atoms with Crippen molar-refractivity contribution in [1.29, 1.82) is 0 Å². The first-order valence-corrected chi connectivity index (χ1v) is 6.56. The molecular weight excluding hydrogens is 282 g/mol. The lowest BCUT2D eigenvalue weighted by atomic mass is 9.72. The van der Waals surface area contributed by atoms with E-state index in [9.17, 15) is 9.59 Å². The van der Waals surface area contributed by atoms with Gasteiger partial charge in [-0.2, -0.15) is 0 Å². The van der Waals surface area contributed by atoms with Gasteiger partial charge in [0.25, 0.3) is 0 Å². The smallest absolute Gasteiger partial charge is 0.240 e. The summed E-state index contributed by atoms with van der Waals surface area (Å²) in [4.78, 5) is 23.3. The van der Waals surface area contributed by atoms with Crippen molar-refractivity contribution in [2.45, 2.75) is 30.0 Å². The Kier molecular flexibility index (Phi) is 3.33. The van der Waals surface area contributed by atoms with Crippen molar-refractivity contribution >= 4 is 27.7 Å². The zero-order valence-corrected chi connectivity index (χ0v) is 11.2. The van der Waals surface area contributed by atoms with Crippen LogP contribution in [0.3, 0.4) is 0 Å². The van der Waals surface area contributed by atoms with Crippen molar-refractivity contribution in [2.24, 2.45) is 0 Å². The first-order valence-electron chi connectivity index (χ1n) is 5.65. The topological polar surface area (TPSA) is 46.2 Å². The summed E-state index contributed by atoms with van der Waals surface area (Å²) in [6.45, 7) is 1.97. The molecule has 0 saturated carbocycles. The fraction of sp³-hybridized carbons (Fsp3) is 0.385. The van der Waals surface area contributed by atoms with Crippen LogP contribution in [-0.4, -0.2) is 16.6 Å². The quantitative estimate of drug-likeness (QED) is 0.671. The van der Waals surface area contributed by atoms with Crippen LogP contribution in [0.15, 0.2) is 30.3 Å². The predicted molar refractivity (Wildman–Crippen MR) is 68.9 cm³/mol. The maximum absolute atomic E-state index is 12.2. The van der Waals surface area contributed by atoms with Crippen molar-refractivity contribution in [1.82, 2.24) is 5.32 Å². The summed E-state index contributed by atoms with van der Waals surface area (Å²) in [7, 11) is 0. The summed E-state index contributed by atoms with van der Waals surface area (Å²) in [5, 5.41) is 2.44. The van der Waals surface area contributed by atoms with E-state index < -0.39 is 5.41 Å². The Morgan fingerprint density at radius 2 is 2.00 bits per heavy atom. The van der Waals surface area contributed by atoms with E-state index in [-0.39, 0.29) is 16.6 Å². The predicted octanol–water partition coefficient (Wildman–Crippen LogP) is 2.14. The second-order valence-corrected chi connectivity index (χ2v) is 5.40. The van der Waals surface area contributed by atoms with E-state index in [1.165, 1.54) is 0 Å². The van der Waals surface area contributed by atoms with E-state index >= 15 is 0 Å². The van der Waals surface area contributed by atoms with Crippen molar-refractivity contribution < 1.29 is 9.59 Å². The summed E-state index contributed by atoms with van der Waals surface area (Å²) in [6, 6.07) is 9.64. The molecule has 2 unspecified atom stereocenters. The monoisotopic (exact) mass is 295 g/mol. The first kappa shape index (κ1) is 12.3. The standard InChI is InChI=1S/C13H14BrNO2/c1-2-13(9-6-4-3-5-7-9)8-10(14)11(16)15-12(13)17/h3-7,10H,2,8H2,1H3,(H,15,16,17). The summed E-state index contributed by atoms with van der Waals surface area (Å²) >= 11 is 3.33. The van der Waals surface area contributed by atoms with Crippen LogP contribution in [0.25, 0.3) is 0 Å². The highest BCUT2D eigenvalue weighted by atomic mass is 79.9. The van der Waals surface area contributed by atoms with E-state index in [2.05, 4.69) is 21.2 Å². The van der Waals surface area contributed by atoms with Crippen LogP contribution in [-0.2, 0) is 15.0 Å². The van der Waals surface area contributed by atoms with Gasteiger partial charge in [-0.3, -0.25) is 14.9 Å². The zero-order valence-electron chi connectivity index (χ0n) is 9.57. The van der Waals surface area contributed by atoms with Crippen LogP contribution in [0.5, 0.6) is 0 Å². The molecule has 90 valence electrons. The maximum atomic E-state index is 12.2. The van der Waals surface area contributed by atoms with E-state index in [0.717, 1.165) is 5.56 Å². The van der Waals surface area contributed by atoms with Gasteiger partial charge in [0.1, 0.15) is 0 Å². The molecule has 3 nitrogen and oxygen atoms in total. The number of hydrogen-bond donors (Lipinski definition) is 1. The maximum Gasteiger partial charge on any atom is 0.240 e. The van der Waals surface area contributed by atoms with Gasteiger partial charge in [0, 0.05) is 0 Å². The number of piperidine rings is 1. The summed E-state index contributed by atoms with van der Waals surface area (Å²) < 4.78 is 0.